The van der Waals surface area contributed by atoms with Gasteiger partial charge >= 0.3 is 0 Å². The number of anilines is 4. The minimum atomic E-state index is -0.396. The quantitative estimate of drug-likeness (QED) is 0.135. The van der Waals surface area contributed by atoms with Gasteiger partial charge in [0, 0.05) is 77.9 Å². The standard InChI is InChI=1S/C72H53N4O.Pt/c1-71(2,3)53-42-61(49-23-10-6-11-24-49)70(62(43-53)50-25-12-7-13-26-50)75-47-74(65-33-18-19-34-66(65)75)54-27-20-28-55(45-54)77-56-36-38-60-59-37-35-51(48-21-8-5-9-22-48)41-67(59)76(68(60)46-56)69-44-52(39-40-73-69)72(4)63-31-16-14-29-57(63)58-30-15-17-32-64(58)72;/h5-44,47H,1-4H3;/q-3;. The molecule has 1 aliphatic carbocycles. The normalized spacial score (nSPS) is 13.3. The van der Waals surface area contributed by atoms with Gasteiger partial charge in [-0.2, -0.15) is 12.1 Å². The number of fused-ring (bicyclic) bond motifs is 7. The fraction of sp³-hybridized carbons (Fsp3) is 0.0833. The number of ether oxygens (including phenoxy) is 1. The summed E-state index contributed by atoms with van der Waals surface area (Å²) in [4.78, 5) is 9.73. The third-order valence-electron chi connectivity index (χ3n) is 15.8. The predicted molar refractivity (Wildman–Crippen MR) is 317 cm³/mol. The number of pyridine rings is 1. The van der Waals surface area contributed by atoms with Crippen molar-refractivity contribution in [1.82, 2.24) is 9.55 Å². The summed E-state index contributed by atoms with van der Waals surface area (Å²) in [7, 11) is 0. The van der Waals surface area contributed by atoms with Crippen molar-refractivity contribution in [3.63, 3.8) is 0 Å². The second-order valence-corrected chi connectivity index (χ2v) is 21.4. The Kier molecular flexibility index (Phi) is 12.1. The fourth-order valence-electron chi connectivity index (χ4n) is 11.9. The molecule has 2 aromatic heterocycles. The first-order chi connectivity index (χ1) is 37.7. The number of hydrogen-bond acceptors (Lipinski definition) is 4. The van der Waals surface area contributed by atoms with Gasteiger partial charge in [-0.3, -0.25) is 0 Å². The Morgan fingerprint density at radius 3 is 1.69 bits per heavy atom. The molecule has 0 amide bonds. The van der Waals surface area contributed by atoms with E-state index in [0.717, 1.165) is 83.8 Å². The molecule has 3 heterocycles. The van der Waals surface area contributed by atoms with Gasteiger partial charge in [-0.1, -0.05) is 190 Å². The molecule has 0 spiro atoms. The van der Waals surface area contributed by atoms with Crippen molar-refractivity contribution in [2.75, 3.05) is 9.80 Å². The summed E-state index contributed by atoms with van der Waals surface area (Å²) in [5, 5.41) is 2.17. The average molecular weight is 1190 g/mol. The van der Waals surface area contributed by atoms with E-state index in [1.807, 2.05) is 24.4 Å². The molecule has 0 saturated carbocycles. The summed E-state index contributed by atoms with van der Waals surface area (Å²) < 4.78 is 9.12. The first-order valence-corrected chi connectivity index (χ1v) is 26.4. The SMILES string of the molecule is CC(C)(C)c1cc(-c2ccccc2)c(N2[CH-]N(c3[c-]c(Oc4[c-]c5c(cc4)c4ccc(-c6ccccc6)cc4n5-c4cc(C5(C)c6ccccc6-c6ccccc65)ccn4)ccc3)c3ccccc32)c(-c2ccccc2)c1.[Pt]. The van der Waals surface area contributed by atoms with Gasteiger partial charge in [-0.05, 0) is 116 Å². The monoisotopic (exact) mass is 1180 g/mol. The van der Waals surface area contributed by atoms with Gasteiger partial charge in [0.15, 0.2) is 0 Å². The Hall–Kier alpha value is -8.76. The minimum absolute atomic E-state index is 0. The maximum absolute atomic E-state index is 6.87. The van der Waals surface area contributed by atoms with E-state index >= 15 is 0 Å². The number of benzene rings is 10. The number of para-hydroxylation sites is 2. The molecular formula is C72H53N4OPt-3. The van der Waals surface area contributed by atoms with Gasteiger partial charge in [-0.25, -0.2) is 4.98 Å². The van der Waals surface area contributed by atoms with Crippen LogP contribution in [-0.4, -0.2) is 9.55 Å². The molecular weight excluding hydrogens is 1130 g/mol. The Morgan fingerprint density at radius 1 is 0.487 bits per heavy atom. The van der Waals surface area contributed by atoms with E-state index < -0.39 is 5.41 Å². The van der Waals surface area contributed by atoms with Crippen molar-refractivity contribution in [2.24, 2.45) is 0 Å². The number of hydrogen-bond donors (Lipinski definition) is 0. The molecule has 12 aromatic rings. The van der Waals surface area contributed by atoms with E-state index in [4.69, 9.17) is 9.72 Å². The summed E-state index contributed by atoms with van der Waals surface area (Å²) >= 11 is 0. The molecule has 5 nitrogen and oxygen atoms in total. The van der Waals surface area contributed by atoms with Crippen LogP contribution in [0.1, 0.15) is 49.9 Å². The van der Waals surface area contributed by atoms with Crippen LogP contribution in [0.5, 0.6) is 11.5 Å². The van der Waals surface area contributed by atoms with Crippen LogP contribution < -0.4 is 14.5 Å². The van der Waals surface area contributed by atoms with E-state index in [-0.39, 0.29) is 26.5 Å². The van der Waals surface area contributed by atoms with Gasteiger partial charge in [0.1, 0.15) is 5.82 Å². The summed E-state index contributed by atoms with van der Waals surface area (Å²) in [6, 6.07) is 92.0. The fourth-order valence-corrected chi connectivity index (χ4v) is 11.9. The molecule has 0 radical (unpaired) electrons. The molecule has 0 fully saturated rings. The van der Waals surface area contributed by atoms with E-state index in [1.54, 1.807) is 0 Å². The van der Waals surface area contributed by atoms with Crippen LogP contribution in [0, 0.1) is 18.8 Å². The van der Waals surface area contributed by atoms with Gasteiger partial charge in [0.05, 0.1) is 0 Å². The number of aromatic nitrogens is 2. The zero-order chi connectivity index (χ0) is 51.8. The first kappa shape index (κ1) is 48.9. The van der Waals surface area contributed by atoms with Crippen LogP contribution in [0.2, 0.25) is 0 Å². The average Bonchev–Trinajstić information content (AvgIpc) is 4.31. The van der Waals surface area contributed by atoms with Crippen molar-refractivity contribution in [1.29, 1.82) is 0 Å². The van der Waals surface area contributed by atoms with Crippen LogP contribution in [0.25, 0.3) is 72.1 Å². The Morgan fingerprint density at radius 2 is 1.05 bits per heavy atom. The Labute approximate surface area is 471 Å². The second-order valence-electron chi connectivity index (χ2n) is 21.4. The molecule has 10 aromatic carbocycles. The summed E-state index contributed by atoms with van der Waals surface area (Å²) in [5.41, 5.74) is 20.0. The molecule has 2 aliphatic rings. The van der Waals surface area contributed by atoms with Crippen LogP contribution in [-0.2, 0) is 31.9 Å². The molecule has 78 heavy (non-hydrogen) atoms. The second kappa shape index (κ2) is 19.4. The summed E-state index contributed by atoms with van der Waals surface area (Å²) in [6.45, 7) is 11.4. The zero-order valence-electron chi connectivity index (χ0n) is 43.7. The third kappa shape index (κ3) is 8.15. The van der Waals surface area contributed by atoms with Crippen molar-refractivity contribution in [3.05, 3.63) is 284 Å². The topological polar surface area (TPSA) is 33.5 Å². The smallest absolute Gasteiger partial charge is 0.135 e. The van der Waals surface area contributed by atoms with Crippen molar-refractivity contribution in [3.8, 4) is 61.8 Å². The number of rotatable bonds is 9. The third-order valence-corrected chi connectivity index (χ3v) is 15.8. The van der Waals surface area contributed by atoms with Gasteiger partial charge in [-0.15, -0.1) is 48.1 Å². The molecule has 1 aliphatic heterocycles. The van der Waals surface area contributed by atoms with Crippen LogP contribution >= 0.6 is 0 Å². The molecule has 0 atom stereocenters. The predicted octanol–water partition coefficient (Wildman–Crippen LogP) is 18.6. The molecule has 380 valence electrons. The van der Waals surface area contributed by atoms with Crippen LogP contribution in [0.4, 0.5) is 22.7 Å². The first-order valence-electron chi connectivity index (χ1n) is 26.4. The van der Waals surface area contributed by atoms with Crippen molar-refractivity contribution in [2.45, 2.75) is 38.5 Å². The van der Waals surface area contributed by atoms with Crippen LogP contribution in [0.15, 0.2) is 243 Å². The zero-order valence-corrected chi connectivity index (χ0v) is 46.0. The van der Waals surface area contributed by atoms with E-state index in [2.05, 4.69) is 279 Å². The largest absolute Gasteiger partial charge is 0.509 e. The molecule has 6 heteroatoms. The molecule has 14 rings (SSSR count). The summed E-state index contributed by atoms with van der Waals surface area (Å²) in [5.74, 6) is 1.96. The van der Waals surface area contributed by atoms with Crippen LogP contribution in [0.3, 0.4) is 0 Å². The van der Waals surface area contributed by atoms with Crippen molar-refractivity contribution >= 4 is 44.6 Å². The van der Waals surface area contributed by atoms with Gasteiger partial charge in [0.25, 0.3) is 0 Å². The molecule has 0 unspecified atom stereocenters. The molecule has 0 saturated heterocycles. The maximum atomic E-state index is 6.87. The van der Waals surface area contributed by atoms with E-state index in [1.165, 1.54) is 33.4 Å². The van der Waals surface area contributed by atoms with Crippen molar-refractivity contribution < 1.29 is 25.8 Å². The summed E-state index contributed by atoms with van der Waals surface area (Å²) in [6.07, 6.45) is 1.96. The van der Waals surface area contributed by atoms with E-state index in [0.29, 0.717) is 11.5 Å². The Bertz CT molecular complexity index is 4130. The molecule has 0 N–H and O–H groups in total. The molecule has 0 bridgehead atoms. The number of nitrogens with zero attached hydrogens (tertiary/aromatic N) is 4. The van der Waals surface area contributed by atoms with E-state index in [9.17, 15) is 0 Å². The Balaban J connectivity index is 0.00000579. The minimum Gasteiger partial charge on any atom is -0.509 e. The van der Waals surface area contributed by atoms with Gasteiger partial charge < -0.3 is 19.1 Å². The maximum Gasteiger partial charge on any atom is 0.135 e. The van der Waals surface area contributed by atoms with Gasteiger partial charge in [0.2, 0.25) is 0 Å².